The highest BCUT2D eigenvalue weighted by molar-refractivity contribution is 5.75. The fourth-order valence-electron chi connectivity index (χ4n) is 2.73. The molecule has 20 heavy (non-hydrogen) atoms. The van der Waals surface area contributed by atoms with Gasteiger partial charge in [-0.05, 0) is 18.4 Å². The molecule has 4 heteroatoms. The highest BCUT2D eigenvalue weighted by Gasteiger charge is 2.27. The highest BCUT2D eigenvalue weighted by atomic mass is 16.5. The average Bonchev–Trinajstić information content (AvgIpc) is 2.92. The molecule has 4 nitrogen and oxygen atoms in total. The lowest BCUT2D eigenvalue weighted by molar-refractivity contribution is -0.143. The van der Waals surface area contributed by atoms with Crippen molar-refractivity contribution in [2.24, 2.45) is 0 Å². The first kappa shape index (κ1) is 15.0. The molecule has 0 aromatic heterocycles. The van der Waals surface area contributed by atoms with E-state index >= 15 is 0 Å². The van der Waals surface area contributed by atoms with E-state index in [0.29, 0.717) is 6.04 Å². The van der Waals surface area contributed by atoms with Crippen molar-refractivity contribution in [2.75, 3.05) is 20.2 Å². The molecule has 1 heterocycles. The van der Waals surface area contributed by atoms with Crippen LogP contribution in [0.15, 0.2) is 30.3 Å². The van der Waals surface area contributed by atoms with E-state index in [0.717, 1.165) is 32.5 Å². The van der Waals surface area contributed by atoms with E-state index in [1.54, 1.807) is 0 Å². The molecule has 1 N–H and O–H groups in total. The molecule has 0 spiro atoms. The second kappa shape index (κ2) is 7.41. The molecule has 0 saturated carbocycles. The molecular formula is C16H24N2O2. The van der Waals surface area contributed by atoms with Gasteiger partial charge in [0.2, 0.25) is 0 Å². The summed E-state index contributed by atoms with van der Waals surface area (Å²) in [4.78, 5) is 14.0. The number of nitrogens with one attached hydrogen (secondary N) is 1. The number of benzene rings is 1. The predicted octanol–water partition coefficient (Wildman–Crippen LogP) is 1.80. The summed E-state index contributed by atoms with van der Waals surface area (Å²) < 4.78 is 4.82. The van der Waals surface area contributed by atoms with Crippen LogP contribution in [0.2, 0.25) is 0 Å². The second-order valence-corrected chi connectivity index (χ2v) is 5.36. The van der Waals surface area contributed by atoms with Crippen LogP contribution in [0.4, 0.5) is 0 Å². The Labute approximate surface area is 121 Å². The Morgan fingerprint density at radius 1 is 1.45 bits per heavy atom. The van der Waals surface area contributed by atoms with Crippen molar-refractivity contribution < 1.29 is 9.53 Å². The smallest absolute Gasteiger partial charge is 0.322 e. The maximum Gasteiger partial charge on any atom is 0.322 e. The van der Waals surface area contributed by atoms with Gasteiger partial charge in [0.1, 0.15) is 6.04 Å². The van der Waals surface area contributed by atoms with Crippen LogP contribution in [-0.2, 0) is 16.1 Å². The Morgan fingerprint density at radius 3 is 2.85 bits per heavy atom. The summed E-state index contributed by atoms with van der Waals surface area (Å²) in [6, 6.07) is 10.7. The highest BCUT2D eigenvalue weighted by Crippen LogP contribution is 2.14. The summed E-state index contributed by atoms with van der Waals surface area (Å²) in [5, 5.41) is 3.42. The third kappa shape index (κ3) is 4.05. The van der Waals surface area contributed by atoms with E-state index in [2.05, 4.69) is 34.5 Å². The lowest BCUT2D eigenvalue weighted by atomic mass is 10.1. The van der Waals surface area contributed by atoms with Crippen molar-refractivity contribution in [1.82, 2.24) is 10.2 Å². The summed E-state index contributed by atoms with van der Waals surface area (Å²) in [6.07, 6.45) is 1.85. The predicted molar refractivity (Wildman–Crippen MR) is 79.4 cm³/mol. The number of ether oxygens (including phenoxy) is 1. The molecule has 110 valence electrons. The van der Waals surface area contributed by atoms with Gasteiger partial charge in [-0.25, -0.2) is 0 Å². The van der Waals surface area contributed by atoms with Crippen LogP contribution in [0.1, 0.15) is 25.3 Å². The van der Waals surface area contributed by atoms with Gasteiger partial charge in [-0.15, -0.1) is 0 Å². The van der Waals surface area contributed by atoms with Crippen molar-refractivity contribution in [3.05, 3.63) is 35.9 Å². The summed E-state index contributed by atoms with van der Waals surface area (Å²) in [7, 11) is 1.45. The molecule has 1 saturated heterocycles. The topological polar surface area (TPSA) is 41.6 Å². The second-order valence-electron chi connectivity index (χ2n) is 5.36. The molecular weight excluding hydrogens is 252 g/mol. The standard InChI is InChI=1S/C16H24N2O2/c1-3-15(16(19)20-2)17-14-9-10-18(12-14)11-13-7-5-4-6-8-13/h4-8,14-15,17H,3,9-12H2,1-2H3. The molecule has 2 unspecified atom stereocenters. The van der Waals surface area contributed by atoms with Gasteiger partial charge in [0.05, 0.1) is 7.11 Å². The minimum Gasteiger partial charge on any atom is -0.468 e. The normalized spacial score (nSPS) is 20.8. The monoisotopic (exact) mass is 276 g/mol. The Balaban J connectivity index is 1.81. The van der Waals surface area contributed by atoms with E-state index in [-0.39, 0.29) is 12.0 Å². The Kier molecular flexibility index (Phi) is 5.56. The summed E-state index contributed by atoms with van der Waals surface area (Å²) in [6.45, 7) is 5.05. The van der Waals surface area contributed by atoms with Gasteiger partial charge in [-0.1, -0.05) is 37.3 Å². The van der Waals surface area contributed by atoms with Gasteiger partial charge in [-0.3, -0.25) is 9.69 Å². The van der Waals surface area contributed by atoms with Crippen molar-refractivity contribution in [2.45, 2.75) is 38.4 Å². The molecule has 2 rings (SSSR count). The molecule has 1 aromatic rings. The largest absolute Gasteiger partial charge is 0.468 e. The van der Waals surface area contributed by atoms with Crippen LogP contribution >= 0.6 is 0 Å². The van der Waals surface area contributed by atoms with Gasteiger partial charge >= 0.3 is 5.97 Å². The fourth-order valence-corrected chi connectivity index (χ4v) is 2.73. The molecule has 0 radical (unpaired) electrons. The number of hydrogen-bond donors (Lipinski definition) is 1. The van der Waals surface area contributed by atoms with Gasteiger partial charge in [0, 0.05) is 25.7 Å². The van der Waals surface area contributed by atoms with Crippen LogP contribution < -0.4 is 5.32 Å². The zero-order valence-electron chi connectivity index (χ0n) is 12.3. The quantitative estimate of drug-likeness (QED) is 0.805. The van der Waals surface area contributed by atoms with E-state index in [4.69, 9.17) is 4.74 Å². The molecule has 1 aliphatic heterocycles. The van der Waals surface area contributed by atoms with Crippen LogP contribution in [0, 0.1) is 0 Å². The number of rotatable bonds is 6. The van der Waals surface area contributed by atoms with Gasteiger partial charge < -0.3 is 10.1 Å². The van der Waals surface area contributed by atoms with Crippen molar-refractivity contribution in [1.29, 1.82) is 0 Å². The van der Waals surface area contributed by atoms with E-state index in [1.807, 2.05) is 13.0 Å². The number of carbonyl (C=O) groups excluding carboxylic acids is 1. The van der Waals surface area contributed by atoms with Crippen LogP contribution in [0.25, 0.3) is 0 Å². The van der Waals surface area contributed by atoms with Crippen LogP contribution in [-0.4, -0.2) is 43.2 Å². The summed E-state index contributed by atoms with van der Waals surface area (Å²) >= 11 is 0. The lowest BCUT2D eigenvalue weighted by Gasteiger charge is -2.20. The number of nitrogens with zero attached hydrogens (tertiary/aromatic N) is 1. The van der Waals surface area contributed by atoms with Crippen LogP contribution in [0.5, 0.6) is 0 Å². The van der Waals surface area contributed by atoms with E-state index in [1.165, 1.54) is 12.7 Å². The number of likely N-dealkylation sites (tertiary alicyclic amines) is 1. The van der Waals surface area contributed by atoms with Crippen molar-refractivity contribution in [3.8, 4) is 0 Å². The van der Waals surface area contributed by atoms with Gasteiger partial charge in [-0.2, -0.15) is 0 Å². The maximum atomic E-state index is 11.6. The average molecular weight is 276 g/mol. The number of hydrogen-bond acceptors (Lipinski definition) is 4. The molecule has 1 aromatic carbocycles. The van der Waals surface area contributed by atoms with Crippen molar-refractivity contribution >= 4 is 5.97 Å². The molecule has 0 bridgehead atoms. The minimum absolute atomic E-state index is 0.158. The Bertz CT molecular complexity index is 422. The SMILES string of the molecule is CCC(NC1CCN(Cc2ccccc2)C1)C(=O)OC. The molecule has 1 aliphatic rings. The molecule has 0 amide bonds. The van der Waals surface area contributed by atoms with Gasteiger partial charge in [0.25, 0.3) is 0 Å². The number of methoxy groups -OCH3 is 1. The Hall–Kier alpha value is -1.39. The number of esters is 1. The maximum absolute atomic E-state index is 11.6. The van der Waals surface area contributed by atoms with E-state index in [9.17, 15) is 4.79 Å². The van der Waals surface area contributed by atoms with Crippen molar-refractivity contribution in [3.63, 3.8) is 0 Å². The fraction of sp³-hybridized carbons (Fsp3) is 0.562. The minimum atomic E-state index is -0.179. The zero-order chi connectivity index (χ0) is 14.4. The lowest BCUT2D eigenvalue weighted by Crippen LogP contribution is -2.44. The zero-order valence-corrected chi connectivity index (χ0v) is 12.3. The van der Waals surface area contributed by atoms with Crippen LogP contribution in [0.3, 0.4) is 0 Å². The summed E-state index contributed by atoms with van der Waals surface area (Å²) in [5.74, 6) is -0.158. The third-order valence-electron chi connectivity index (χ3n) is 3.85. The Morgan fingerprint density at radius 2 is 2.20 bits per heavy atom. The first-order chi connectivity index (χ1) is 9.72. The van der Waals surface area contributed by atoms with E-state index < -0.39 is 0 Å². The first-order valence-corrected chi connectivity index (χ1v) is 7.33. The molecule has 0 aliphatic carbocycles. The summed E-state index contributed by atoms with van der Waals surface area (Å²) in [5.41, 5.74) is 1.34. The first-order valence-electron chi connectivity index (χ1n) is 7.33. The van der Waals surface area contributed by atoms with Gasteiger partial charge in [0.15, 0.2) is 0 Å². The number of carbonyl (C=O) groups is 1. The third-order valence-corrected chi connectivity index (χ3v) is 3.85. The molecule has 2 atom stereocenters. The molecule has 1 fully saturated rings.